The molecule has 28 heavy (non-hydrogen) atoms. The highest BCUT2D eigenvalue weighted by Crippen LogP contribution is 2.32. The average Bonchev–Trinajstić information content (AvgIpc) is 2.69. The Balaban J connectivity index is 2.02. The number of methoxy groups -OCH3 is 1. The summed E-state index contributed by atoms with van der Waals surface area (Å²) in [5.74, 6) is -1.45. The van der Waals surface area contributed by atoms with E-state index >= 15 is 0 Å². The summed E-state index contributed by atoms with van der Waals surface area (Å²) >= 11 is 0. The van der Waals surface area contributed by atoms with Gasteiger partial charge in [-0.2, -0.15) is 0 Å². The van der Waals surface area contributed by atoms with Gasteiger partial charge in [0.1, 0.15) is 0 Å². The van der Waals surface area contributed by atoms with Crippen LogP contribution in [0.15, 0.2) is 42.5 Å². The number of benzene rings is 2. The molecular weight excluding hydrogens is 364 g/mol. The third-order valence-corrected chi connectivity index (χ3v) is 4.24. The van der Waals surface area contributed by atoms with E-state index in [4.69, 9.17) is 9.47 Å². The molecule has 148 valence electrons. The van der Waals surface area contributed by atoms with Crippen LogP contribution in [-0.4, -0.2) is 30.5 Å². The van der Waals surface area contributed by atoms with E-state index in [9.17, 15) is 19.7 Å². The Bertz CT molecular complexity index is 866. The van der Waals surface area contributed by atoms with Crippen molar-refractivity contribution >= 4 is 23.3 Å². The van der Waals surface area contributed by atoms with Crippen LogP contribution in [0, 0.1) is 17.0 Å². The predicted octanol–water partition coefficient (Wildman–Crippen LogP) is 3.59. The fourth-order valence-corrected chi connectivity index (χ4v) is 2.76. The minimum Gasteiger partial charge on any atom is -0.490 e. The summed E-state index contributed by atoms with van der Waals surface area (Å²) in [4.78, 5) is 35.0. The van der Waals surface area contributed by atoms with Gasteiger partial charge in [0.15, 0.2) is 12.4 Å². The summed E-state index contributed by atoms with van der Waals surface area (Å²) in [7, 11) is 1.31. The molecule has 2 aromatic carbocycles. The SMILES string of the molecule is CCC(C(=O)OCC(=O)Nc1cc(OC)c([N+](=O)[O-])cc1C)c1ccccc1. The Morgan fingerprint density at radius 3 is 2.46 bits per heavy atom. The maximum Gasteiger partial charge on any atom is 0.313 e. The monoisotopic (exact) mass is 386 g/mol. The first kappa shape index (κ1) is 20.9. The summed E-state index contributed by atoms with van der Waals surface area (Å²) < 4.78 is 10.2. The maximum absolute atomic E-state index is 12.3. The molecule has 1 unspecified atom stereocenters. The molecule has 0 spiro atoms. The second-order valence-electron chi connectivity index (χ2n) is 6.12. The molecule has 0 bridgehead atoms. The first-order valence-electron chi connectivity index (χ1n) is 8.71. The molecule has 0 aliphatic carbocycles. The van der Waals surface area contributed by atoms with Crippen LogP contribution >= 0.6 is 0 Å². The van der Waals surface area contributed by atoms with Crippen LogP contribution in [0.5, 0.6) is 5.75 Å². The number of rotatable bonds is 8. The lowest BCUT2D eigenvalue weighted by Crippen LogP contribution is -2.24. The zero-order valence-corrected chi connectivity index (χ0v) is 15.9. The molecule has 8 nitrogen and oxygen atoms in total. The number of nitrogens with zero attached hydrogens (tertiary/aromatic N) is 1. The van der Waals surface area contributed by atoms with Gasteiger partial charge in [0.2, 0.25) is 0 Å². The third-order valence-electron chi connectivity index (χ3n) is 4.24. The molecule has 0 aliphatic rings. The molecule has 1 atom stereocenters. The number of carbonyl (C=O) groups excluding carboxylic acids is 2. The summed E-state index contributed by atoms with van der Waals surface area (Å²) in [6, 6.07) is 11.9. The van der Waals surface area contributed by atoms with Gasteiger partial charge in [-0.25, -0.2) is 0 Å². The third kappa shape index (κ3) is 5.06. The van der Waals surface area contributed by atoms with E-state index in [0.717, 1.165) is 5.56 Å². The van der Waals surface area contributed by atoms with Gasteiger partial charge in [-0.15, -0.1) is 0 Å². The maximum atomic E-state index is 12.3. The number of nitro groups is 1. The zero-order valence-electron chi connectivity index (χ0n) is 15.9. The lowest BCUT2D eigenvalue weighted by Gasteiger charge is -2.15. The largest absolute Gasteiger partial charge is 0.490 e. The normalized spacial score (nSPS) is 11.4. The molecule has 8 heteroatoms. The van der Waals surface area contributed by atoms with E-state index in [1.807, 2.05) is 37.3 Å². The molecule has 0 heterocycles. The van der Waals surface area contributed by atoms with Crippen LogP contribution < -0.4 is 10.1 Å². The smallest absolute Gasteiger partial charge is 0.313 e. The average molecular weight is 386 g/mol. The van der Waals surface area contributed by atoms with E-state index in [1.165, 1.54) is 19.2 Å². The molecule has 1 N–H and O–H groups in total. The first-order chi connectivity index (χ1) is 13.4. The fourth-order valence-electron chi connectivity index (χ4n) is 2.76. The number of amides is 1. The Morgan fingerprint density at radius 1 is 1.21 bits per heavy atom. The van der Waals surface area contributed by atoms with Crippen molar-refractivity contribution in [3.8, 4) is 5.75 Å². The number of hydrogen-bond donors (Lipinski definition) is 1. The minimum absolute atomic E-state index is 0.0259. The van der Waals surface area contributed by atoms with Crippen LogP contribution in [0.2, 0.25) is 0 Å². The Morgan fingerprint density at radius 2 is 1.89 bits per heavy atom. The minimum atomic E-state index is -0.562. The van der Waals surface area contributed by atoms with Crippen molar-refractivity contribution < 1.29 is 24.0 Å². The number of carbonyl (C=O) groups is 2. The Hall–Kier alpha value is -3.42. The molecular formula is C20H22N2O6. The second-order valence-corrected chi connectivity index (χ2v) is 6.12. The highest BCUT2D eigenvalue weighted by Gasteiger charge is 2.22. The number of nitro benzene ring substituents is 1. The van der Waals surface area contributed by atoms with Crippen molar-refractivity contribution in [2.45, 2.75) is 26.2 Å². The fraction of sp³-hybridized carbons (Fsp3) is 0.300. The van der Waals surface area contributed by atoms with E-state index in [1.54, 1.807) is 6.92 Å². The second kappa shape index (κ2) is 9.50. The van der Waals surface area contributed by atoms with Gasteiger partial charge in [-0.1, -0.05) is 37.3 Å². The topological polar surface area (TPSA) is 108 Å². The van der Waals surface area contributed by atoms with Crippen molar-refractivity contribution in [1.82, 2.24) is 0 Å². The van der Waals surface area contributed by atoms with E-state index in [-0.39, 0.29) is 11.4 Å². The first-order valence-corrected chi connectivity index (χ1v) is 8.71. The molecule has 2 aromatic rings. The summed E-state index contributed by atoms with van der Waals surface area (Å²) in [5.41, 5.74) is 1.46. The van der Waals surface area contributed by atoms with Crippen molar-refractivity contribution in [2.24, 2.45) is 0 Å². The number of nitrogens with one attached hydrogen (secondary N) is 1. The van der Waals surface area contributed by atoms with Crippen molar-refractivity contribution in [3.05, 3.63) is 63.7 Å². The van der Waals surface area contributed by atoms with Gasteiger partial charge in [0.05, 0.1) is 18.0 Å². The molecule has 0 aromatic heterocycles. The van der Waals surface area contributed by atoms with Crippen LogP contribution in [0.4, 0.5) is 11.4 Å². The highest BCUT2D eigenvalue weighted by atomic mass is 16.6. The van der Waals surface area contributed by atoms with Crippen molar-refractivity contribution in [2.75, 3.05) is 19.0 Å². The zero-order chi connectivity index (χ0) is 20.7. The van der Waals surface area contributed by atoms with E-state index in [0.29, 0.717) is 17.7 Å². The lowest BCUT2D eigenvalue weighted by molar-refractivity contribution is -0.385. The molecule has 0 aliphatic heterocycles. The lowest BCUT2D eigenvalue weighted by atomic mass is 9.97. The molecule has 0 saturated carbocycles. The van der Waals surface area contributed by atoms with Gasteiger partial charge in [-0.05, 0) is 24.5 Å². The number of esters is 1. The van der Waals surface area contributed by atoms with Gasteiger partial charge in [-0.3, -0.25) is 19.7 Å². The Labute approximate surface area is 162 Å². The van der Waals surface area contributed by atoms with Gasteiger partial charge >= 0.3 is 11.7 Å². The number of hydrogen-bond acceptors (Lipinski definition) is 6. The molecule has 0 radical (unpaired) electrons. The quantitative estimate of drug-likeness (QED) is 0.422. The summed E-state index contributed by atoms with van der Waals surface area (Å²) in [5, 5.41) is 13.6. The van der Waals surface area contributed by atoms with Crippen LogP contribution in [-0.2, 0) is 14.3 Å². The van der Waals surface area contributed by atoms with Crippen LogP contribution in [0.25, 0.3) is 0 Å². The van der Waals surface area contributed by atoms with E-state index < -0.39 is 29.3 Å². The number of anilines is 1. The number of ether oxygens (including phenoxy) is 2. The standard InChI is InChI=1S/C20H22N2O6/c1-4-15(14-8-6-5-7-9-14)20(24)28-12-19(23)21-16-11-18(27-3)17(22(25)26)10-13(16)2/h5-11,15H,4,12H2,1-3H3,(H,21,23). The van der Waals surface area contributed by atoms with E-state index in [2.05, 4.69) is 5.32 Å². The Kier molecular flexibility index (Phi) is 7.08. The van der Waals surface area contributed by atoms with Gasteiger partial charge in [0, 0.05) is 17.8 Å². The molecule has 0 saturated heterocycles. The molecule has 0 fully saturated rings. The highest BCUT2D eigenvalue weighted by molar-refractivity contribution is 5.94. The van der Waals surface area contributed by atoms with Crippen molar-refractivity contribution in [1.29, 1.82) is 0 Å². The summed E-state index contributed by atoms with van der Waals surface area (Å²) in [6.07, 6.45) is 0.545. The molecule has 2 rings (SSSR count). The van der Waals surface area contributed by atoms with Crippen LogP contribution in [0.3, 0.4) is 0 Å². The van der Waals surface area contributed by atoms with Crippen LogP contribution in [0.1, 0.15) is 30.4 Å². The van der Waals surface area contributed by atoms with Crippen molar-refractivity contribution in [3.63, 3.8) is 0 Å². The summed E-state index contributed by atoms with van der Waals surface area (Å²) in [6.45, 7) is 3.03. The number of aryl methyl sites for hydroxylation is 1. The van der Waals surface area contributed by atoms with Gasteiger partial charge < -0.3 is 14.8 Å². The van der Waals surface area contributed by atoms with Gasteiger partial charge in [0.25, 0.3) is 5.91 Å². The molecule has 1 amide bonds. The predicted molar refractivity (Wildman–Crippen MR) is 103 cm³/mol.